The first-order valence-electron chi connectivity index (χ1n) is 6.17. The molecule has 114 valence electrons. The maximum absolute atomic E-state index is 13.0. The average molecular weight is 298 g/mol. The number of halogens is 1. The van der Waals surface area contributed by atoms with Crippen LogP contribution >= 0.6 is 0 Å². The predicted octanol–water partition coefficient (Wildman–Crippen LogP) is 1.14. The molecule has 1 rings (SSSR count). The van der Waals surface area contributed by atoms with E-state index in [1.54, 1.807) is 0 Å². The number of amides is 3. The lowest BCUT2D eigenvalue weighted by Gasteiger charge is -2.09. The number of benzene rings is 1. The molecule has 0 aliphatic carbocycles. The van der Waals surface area contributed by atoms with E-state index < -0.39 is 30.3 Å². The van der Waals surface area contributed by atoms with Crippen molar-refractivity contribution in [2.45, 2.75) is 13.3 Å². The van der Waals surface area contributed by atoms with Crippen molar-refractivity contribution in [3.8, 4) is 5.75 Å². The van der Waals surface area contributed by atoms with Crippen molar-refractivity contribution in [1.82, 2.24) is 10.6 Å². The van der Waals surface area contributed by atoms with Gasteiger partial charge in [-0.15, -0.1) is 0 Å². The second-order valence-corrected chi connectivity index (χ2v) is 4.04. The molecule has 1 aromatic rings. The lowest BCUT2D eigenvalue weighted by molar-refractivity contribution is -0.122. The quantitative estimate of drug-likeness (QED) is 0.730. The molecular weight excluding hydrogens is 283 g/mol. The lowest BCUT2D eigenvalue weighted by atomic mass is 10.2. The molecular formula is C13H15FN2O5. The summed E-state index contributed by atoms with van der Waals surface area (Å²) in [6.45, 7) is 1.65. The lowest BCUT2D eigenvalue weighted by Crippen LogP contribution is -2.41. The largest absolute Gasteiger partial charge is 0.483 e. The fourth-order valence-corrected chi connectivity index (χ4v) is 1.38. The Morgan fingerprint density at radius 3 is 2.67 bits per heavy atom. The summed E-state index contributed by atoms with van der Waals surface area (Å²) in [5, 5.41) is 13.3. The minimum absolute atomic E-state index is 0.278. The molecule has 7 nitrogen and oxygen atoms in total. The number of hydrogen-bond donors (Lipinski definition) is 3. The second kappa shape index (κ2) is 7.83. The number of carbonyl (C=O) groups excluding carboxylic acids is 2. The summed E-state index contributed by atoms with van der Waals surface area (Å²) < 4.78 is 18.0. The molecule has 0 aliphatic rings. The van der Waals surface area contributed by atoms with E-state index in [0.717, 1.165) is 18.2 Å². The first kappa shape index (κ1) is 16.4. The summed E-state index contributed by atoms with van der Waals surface area (Å²) >= 11 is 0. The van der Waals surface area contributed by atoms with E-state index in [9.17, 15) is 18.8 Å². The summed E-state index contributed by atoms with van der Waals surface area (Å²) in [7, 11) is 0. The Morgan fingerprint density at radius 1 is 1.33 bits per heavy atom. The van der Waals surface area contributed by atoms with Crippen molar-refractivity contribution in [2.75, 3.05) is 13.2 Å². The fraction of sp³-hybridized carbons (Fsp3) is 0.308. The Bertz CT molecular complexity index is 547. The zero-order chi connectivity index (χ0) is 15.8. The zero-order valence-corrected chi connectivity index (χ0v) is 11.3. The predicted molar refractivity (Wildman–Crippen MR) is 70.7 cm³/mol. The van der Waals surface area contributed by atoms with Crippen molar-refractivity contribution in [3.63, 3.8) is 0 Å². The van der Waals surface area contributed by atoms with Crippen LogP contribution in [-0.2, 0) is 4.79 Å². The second-order valence-electron chi connectivity index (χ2n) is 4.04. The molecule has 3 amide bonds. The van der Waals surface area contributed by atoms with Gasteiger partial charge in [0.15, 0.2) is 6.61 Å². The van der Waals surface area contributed by atoms with E-state index in [1.165, 1.54) is 0 Å². The number of carbonyl (C=O) groups is 3. The van der Waals surface area contributed by atoms with Gasteiger partial charge in [0, 0.05) is 12.6 Å². The van der Waals surface area contributed by atoms with Crippen LogP contribution in [0.1, 0.15) is 23.7 Å². The minimum atomic E-state index is -1.31. The van der Waals surface area contributed by atoms with Crippen LogP contribution in [0, 0.1) is 5.82 Å². The van der Waals surface area contributed by atoms with Crippen LogP contribution in [0.4, 0.5) is 9.18 Å². The summed E-state index contributed by atoms with van der Waals surface area (Å²) in [4.78, 5) is 33.5. The zero-order valence-electron chi connectivity index (χ0n) is 11.3. The molecule has 8 heteroatoms. The fourth-order valence-electron chi connectivity index (χ4n) is 1.38. The SMILES string of the molecule is CCCNC(=O)NC(=O)COc1cc(F)ccc1C(=O)O. The third-order valence-electron chi connectivity index (χ3n) is 2.32. The number of aromatic carboxylic acids is 1. The van der Waals surface area contributed by atoms with Gasteiger partial charge in [-0.05, 0) is 18.6 Å². The number of carboxylic acids is 1. The highest BCUT2D eigenvalue weighted by atomic mass is 19.1. The van der Waals surface area contributed by atoms with Crippen LogP contribution in [0.3, 0.4) is 0 Å². The van der Waals surface area contributed by atoms with Crippen molar-refractivity contribution in [3.05, 3.63) is 29.6 Å². The number of nitrogens with one attached hydrogen (secondary N) is 2. The Morgan fingerprint density at radius 2 is 2.05 bits per heavy atom. The maximum Gasteiger partial charge on any atom is 0.339 e. The number of ether oxygens (including phenoxy) is 1. The molecule has 0 bridgehead atoms. The third-order valence-corrected chi connectivity index (χ3v) is 2.32. The van der Waals surface area contributed by atoms with Crippen molar-refractivity contribution < 1.29 is 28.6 Å². The Hall–Kier alpha value is -2.64. The van der Waals surface area contributed by atoms with Crippen molar-refractivity contribution >= 4 is 17.9 Å². The molecule has 0 aliphatic heterocycles. The Kier molecular flexibility index (Phi) is 6.12. The van der Waals surface area contributed by atoms with Gasteiger partial charge in [0.25, 0.3) is 5.91 Å². The van der Waals surface area contributed by atoms with E-state index in [-0.39, 0.29) is 11.3 Å². The molecule has 0 spiro atoms. The molecule has 0 fully saturated rings. The van der Waals surface area contributed by atoms with E-state index in [1.807, 2.05) is 12.2 Å². The van der Waals surface area contributed by atoms with Crippen LogP contribution in [0.25, 0.3) is 0 Å². The van der Waals surface area contributed by atoms with Crippen LogP contribution in [-0.4, -0.2) is 36.2 Å². The topological polar surface area (TPSA) is 105 Å². The van der Waals surface area contributed by atoms with Gasteiger partial charge >= 0.3 is 12.0 Å². The molecule has 3 N–H and O–H groups in total. The van der Waals surface area contributed by atoms with Crippen molar-refractivity contribution in [1.29, 1.82) is 0 Å². The van der Waals surface area contributed by atoms with Gasteiger partial charge in [-0.3, -0.25) is 10.1 Å². The molecule has 0 atom stereocenters. The molecule has 0 heterocycles. The Balaban J connectivity index is 2.59. The van der Waals surface area contributed by atoms with Gasteiger partial charge in [0.2, 0.25) is 0 Å². The van der Waals surface area contributed by atoms with Crippen molar-refractivity contribution in [2.24, 2.45) is 0 Å². The van der Waals surface area contributed by atoms with Gasteiger partial charge in [0.05, 0.1) is 0 Å². The summed E-state index contributed by atoms with van der Waals surface area (Å²) in [5.74, 6) is -3.07. The molecule has 1 aromatic carbocycles. The monoisotopic (exact) mass is 298 g/mol. The smallest absolute Gasteiger partial charge is 0.339 e. The van der Waals surface area contributed by atoms with Gasteiger partial charge in [-0.1, -0.05) is 6.92 Å². The average Bonchev–Trinajstić information content (AvgIpc) is 2.42. The minimum Gasteiger partial charge on any atom is -0.483 e. The van der Waals surface area contributed by atoms with Gasteiger partial charge in [-0.25, -0.2) is 14.0 Å². The first-order valence-corrected chi connectivity index (χ1v) is 6.17. The molecule has 0 radical (unpaired) electrons. The van der Waals surface area contributed by atoms with E-state index in [4.69, 9.17) is 9.84 Å². The van der Waals surface area contributed by atoms with E-state index in [2.05, 4.69) is 5.32 Å². The highest BCUT2D eigenvalue weighted by Gasteiger charge is 2.14. The summed E-state index contributed by atoms with van der Waals surface area (Å²) in [6.07, 6.45) is 0.712. The normalized spacial score (nSPS) is 9.81. The van der Waals surface area contributed by atoms with E-state index in [0.29, 0.717) is 13.0 Å². The third kappa shape index (κ3) is 5.47. The molecule has 0 saturated heterocycles. The summed E-state index contributed by atoms with van der Waals surface area (Å²) in [5.41, 5.74) is -0.278. The van der Waals surface area contributed by atoms with Gasteiger partial charge in [0.1, 0.15) is 17.1 Å². The molecule has 0 aromatic heterocycles. The Labute approximate surface area is 120 Å². The highest BCUT2D eigenvalue weighted by Crippen LogP contribution is 2.19. The van der Waals surface area contributed by atoms with Gasteiger partial charge < -0.3 is 15.2 Å². The van der Waals surface area contributed by atoms with E-state index >= 15 is 0 Å². The summed E-state index contributed by atoms with van der Waals surface area (Å²) in [6, 6.07) is 2.17. The van der Waals surface area contributed by atoms with Gasteiger partial charge in [-0.2, -0.15) is 0 Å². The van der Waals surface area contributed by atoms with Crippen LogP contribution in [0.15, 0.2) is 18.2 Å². The van der Waals surface area contributed by atoms with Crippen LogP contribution < -0.4 is 15.4 Å². The molecule has 0 unspecified atom stereocenters. The first-order chi connectivity index (χ1) is 9.93. The number of hydrogen-bond acceptors (Lipinski definition) is 4. The number of imide groups is 1. The maximum atomic E-state index is 13.0. The molecule has 0 saturated carbocycles. The van der Waals surface area contributed by atoms with Crippen LogP contribution in [0.2, 0.25) is 0 Å². The van der Waals surface area contributed by atoms with Crippen LogP contribution in [0.5, 0.6) is 5.75 Å². The number of carboxylic acid groups (broad SMARTS) is 1. The number of rotatable bonds is 6. The highest BCUT2D eigenvalue weighted by molar-refractivity contribution is 5.95. The number of urea groups is 1. The molecule has 21 heavy (non-hydrogen) atoms. The standard InChI is InChI=1S/C13H15FN2O5/c1-2-5-15-13(20)16-11(17)7-21-10-6-8(14)3-4-9(10)12(18)19/h3-4,6H,2,5,7H2,1H3,(H,18,19)(H2,15,16,17,20).